The van der Waals surface area contributed by atoms with Gasteiger partial charge in [0.1, 0.15) is 5.54 Å². The minimum absolute atomic E-state index is 0.0411. The molecule has 0 spiro atoms. The normalized spacial score (nSPS) is 12.9. The van der Waals surface area contributed by atoms with E-state index in [-0.39, 0.29) is 5.96 Å². The third-order valence-electron chi connectivity index (χ3n) is 1.91. The lowest BCUT2D eigenvalue weighted by atomic mass is 10.1. The van der Waals surface area contributed by atoms with Crippen LogP contribution < -0.4 is 17.2 Å². The predicted octanol–water partition coefficient (Wildman–Crippen LogP) is 0.0616. The zero-order valence-corrected chi connectivity index (χ0v) is 14.9. The smallest absolute Gasteiger partial charge is 0.480 e. The first kappa shape index (κ1) is 30.3. The van der Waals surface area contributed by atoms with Crippen molar-refractivity contribution < 1.29 is 56.0 Å². The molecular weight excluding hydrogens is 430 g/mol. The van der Waals surface area contributed by atoms with E-state index in [2.05, 4.69) is 4.99 Å². The van der Waals surface area contributed by atoms with Crippen molar-refractivity contribution in [3.63, 3.8) is 0 Å². The highest BCUT2D eigenvalue weighted by Crippen LogP contribution is 2.13. The fourth-order valence-electron chi connectivity index (χ4n) is 0.585. The number of carbonyl (C=O) groups is 3. The molecule has 0 bridgehead atoms. The van der Waals surface area contributed by atoms with Gasteiger partial charge in [-0.25, -0.2) is 9.59 Å². The third-order valence-corrected chi connectivity index (χ3v) is 3.18. The molecule has 9 N–H and O–H groups in total. The van der Waals surface area contributed by atoms with Crippen LogP contribution in [0.1, 0.15) is 6.92 Å². The molecule has 10 nitrogen and oxygen atoms in total. The van der Waals surface area contributed by atoms with Crippen molar-refractivity contribution in [2.75, 3.05) is 18.1 Å². The zero-order valence-electron chi connectivity index (χ0n) is 14.0. The Morgan fingerprint density at radius 2 is 1.21 bits per heavy atom. The molecular formula is C11H18F6N4O6S. The van der Waals surface area contributed by atoms with Crippen LogP contribution >= 0.6 is 11.8 Å². The van der Waals surface area contributed by atoms with Gasteiger partial charge < -0.3 is 32.5 Å². The van der Waals surface area contributed by atoms with E-state index in [1.54, 1.807) is 0 Å². The molecule has 0 saturated heterocycles. The molecule has 0 aliphatic carbocycles. The number of aliphatic imine (C=N–C) groups is 1. The Kier molecular flexibility index (Phi) is 13.9. The van der Waals surface area contributed by atoms with Gasteiger partial charge in [0, 0.05) is 11.5 Å². The van der Waals surface area contributed by atoms with Gasteiger partial charge in [-0.3, -0.25) is 9.79 Å². The molecule has 0 aromatic rings. The second kappa shape index (κ2) is 12.9. The van der Waals surface area contributed by atoms with Crippen LogP contribution in [0.2, 0.25) is 0 Å². The van der Waals surface area contributed by atoms with Gasteiger partial charge in [0.2, 0.25) is 0 Å². The Bertz CT molecular complexity index is 525. The van der Waals surface area contributed by atoms with Gasteiger partial charge in [-0.1, -0.05) is 0 Å². The van der Waals surface area contributed by atoms with Crippen molar-refractivity contribution in [3.05, 3.63) is 0 Å². The Balaban J connectivity index is -0.000000375. The van der Waals surface area contributed by atoms with Crippen molar-refractivity contribution >= 4 is 35.6 Å². The number of nitrogens with two attached hydrogens (primary N) is 3. The van der Waals surface area contributed by atoms with Gasteiger partial charge in [-0.15, -0.1) is 0 Å². The van der Waals surface area contributed by atoms with Crippen molar-refractivity contribution in [3.8, 4) is 0 Å². The molecule has 0 amide bonds. The van der Waals surface area contributed by atoms with Gasteiger partial charge in [0.25, 0.3) is 0 Å². The maximum absolute atomic E-state index is 10.6. The number of rotatable bonds is 6. The summed E-state index contributed by atoms with van der Waals surface area (Å²) < 4.78 is 63.5. The molecule has 0 fully saturated rings. The molecule has 0 aromatic heterocycles. The van der Waals surface area contributed by atoms with Crippen molar-refractivity contribution in [2.45, 2.75) is 24.8 Å². The summed E-state index contributed by atoms with van der Waals surface area (Å²) in [6, 6.07) is 0. The number of hydrogen-bond donors (Lipinski definition) is 6. The minimum Gasteiger partial charge on any atom is -0.480 e. The van der Waals surface area contributed by atoms with E-state index in [0.29, 0.717) is 18.1 Å². The van der Waals surface area contributed by atoms with Gasteiger partial charge in [-0.05, 0) is 6.92 Å². The van der Waals surface area contributed by atoms with Crippen LogP contribution in [0.5, 0.6) is 0 Å². The van der Waals surface area contributed by atoms with E-state index < -0.39 is 35.8 Å². The second-order valence-corrected chi connectivity index (χ2v) is 5.79. The molecule has 1 unspecified atom stereocenters. The summed E-state index contributed by atoms with van der Waals surface area (Å²) >= 11 is 1.41. The summed E-state index contributed by atoms with van der Waals surface area (Å²) in [5.74, 6) is -5.49. The lowest BCUT2D eigenvalue weighted by molar-refractivity contribution is -0.193. The van der Waals surface area contributed by atoms with Crippen LogP contribution in [0, 0.1) is 0 Å². The van der Waals surface area contributed by atoms with Crippen LogP contribution in [0.3, 0.4) is 0 Å². The van der Waals surface area contributed by atoms with E-state index in [4.69, 9.17) is 42.1 Å². The third kappa shape index (κ3) is 19.9. The quantitative estimate of drug-likeness (QED) is 0.140. The summed E-state index contributed by atoms with van der Waals surface area (Å²) in [7, 11) is 0. The van der Waals surface area contributed by atoms with Crippen LogP contribution in [0.4, 0.5) is 26.3 Å². The second-order valence-electron chi connectivity index (χ2n) is 4.69. The minimum atomic E-state index is -5.08. The number of halogens is 6. The molecule has 0 rings (SSSR count). The van der Waals surface area contributed by atoms with Gasteiger partial charge in [0.05, 0.1) is 6.54 Å². The number of aliphatic carboxylic acids is 3. The number of hydrogen-bond acceptors (Lipinski definition) is 6. The number of nitrogens with zero attached hydrogens (tertiary/aromatic N) is 1. The van der Waals surface area contributed by atoms with Crippen LogP contribution in [0.15, 0.2) is 4.99 Å². The largest absolute Gasteiger partial charge is 0.490 e. The molecule has 28 heavy (non-hydrogen) atoms. The summed E-state index contributed by atoms with van der Waals surface area (Å²) in [5, 5.41) is 22.9. The molecule has 0 saturated carbocycles. The maximum Gasteiger partial charge on any atom is 0.490 e. The topological polar surface area (TPSA) is 202 Å². The van der Waals surface area contributed by atoms with Crippen molar-refractivity contribution in [1.82, 2.24) is 0 Å². The lowest BCUT2D eigenvalue weighted by Crippen LogP contribution is -2.47. The predicted molar refractivity (Wildman–Crippen MR) is 85.6 cm³/mol. The molecule has 17 heteroatoms. The molecule has 166 valence electrons. The highest BCUT2D eigenvalue weighted by Gasteiger charge is 2.38. The fraction of sp³-hybridized carbons (Fsp3) is 0.636. The Hall–Kier alpha value is -2.43. The molecule has 1 atom stereocenters. The number of thioether (sulfide) groups is 1. The van der Waals surface area contributed by atoms with Crippen LogP contribution in [0.25, 0.3) is 0 Å². The molecule has 0 radical (unpaired) electrons. The van der Waals surface area contributed by atoms with E-state index in [9.17, 15) is 31.1 Å². The van der Waals surface area contributed by atoms with E-state index in [1.807, 2.05) is 0 Å². The Morgan fingerprint density at radius 1 is 0.893 bits per heavy atom. The Morgan fingerprint density at radius 3 is 1.43 bits per heavy atom. The first-order valence-electron chi connectivity index (χ1n) is 6.50. The van der Waals surface area contributed by atoms with E-state index in [0.717, 1.165) is 0 Å². The highest BCUT2D eigenvalue weighted by molar-refractivity contribution is 7.99. The SMILES string of the molecule is CC(N)(CSCCN=C(N)N)C(=O)O.O=C(O)C(F)(F)F.O=C(O)C(F)(F)F. The van der Waals surface area contributed by atoms with E-state index in [1.165, 1.54) is 18.7 Å². The van der Waals surface area contributed by atoms with Crippen LogP contribution in [-0.2, 0) is 14.4 Å². The van der Waals surface area contributed by atoms with Crippen LogP contribution in [-0.4, -0.2) is 75.1 Å². The summed E-state index contributed by atoms with van der Waals surface area (Å²) in [6.07, 6.45) is -10.2. The standard InChI is InChI=1S/C7H16N4O2S.2C2HF3O2/c1-7(10,5(12)13)4-14-3-2-11-6(8)9;2*3-2(4,5)1(6)7/h2-4,10H2,1H3,(H,12,13)(H4,8,9,11);2*(H,6,7). The zero-order chi connectivity index (χ0) is 23.3. The summed E-state index contributed by atoms with van der Waals surface area (Å²) in [4.78, 5) is 32.1. The highest BCUT2D eigenvalue weighted by atomic mass is 32.2. The molecule has 0 aliphatic heterocycles. The average Bonchev–Trinajstić information content (AvgIpc) is 2.45. The number of alkyl halides is 6. The summed E-state index contributed by atoms with van der Waals surface area (Å²) in [6.45, 7) is 1.95. The fourth-order valence-corrected chi connectivity index (χ4v) is 1.50. The van der Waals surface area contributed by atoms with Gasteiger partial charge >= 0.3 is 30.3 Å². The molecule has 0 aromatic carbocycles. The summed E-state index contributed by atoms with van der Waals surface area (Å²) in [5.41, 5.74) is 14.5. The van der Waals surface area contributed by atoms with Gasteiger partial charge in [0.15, 0.2) is 5.96 Å². The first-order chi connectivity index (χ1) is 12.2. The van der Waals surface area contributed by atoms with E-state index >= 15 is 0 Å². The number of guanidine groups is 1. The maximum atomic E-state index is 10.6. The van der Waals surface area contributed by atoms with Crippen molar-refractivity contribution in [2.24, 2.45) is 22.2 Å². The lowest BCUT2D eigenvalue weighted by Gasteiger charge is -2.17. The van der Waals surface area contributed by atoms with Crippen molar-refractivity contribution in [1.29, 1.82) is 0 Å². The number of carboxylic acid groups (broad SMARTS) is 3. The Labute approximate surface area is 157 Å². The number of carboxylic acids is 3. The van der Waals surface area contributed by atoms with Gasteiger partial charge in [-0.2, -0.15) is 38.1 Å². The molecule has 0 heterocycles. The monoisotopic (exact) mass is 448 g/mol. The molecule has 0 aliphatic rings. The first-order valence-corrected chi connectivity index (χ1v) is 7.66. The average molecular weight is 448 g/mol.